The quantitative estimate of drug-likeness (QED) is 0.850. The van der Waals surface area contributed by atoms with Crippen molar-refractivity contribution in [2.24, 2.45) is 5.41 Å². The van der Waals surface area contributed by atoms with E-state index >= 15 is 0 Å². The third kappa shape index (κ3) is 2.81. The predicted octanol–water partition coefficient (Wildman–Crippen LogP) is 3.35. The molecule has 0 saturated carbocycles. The Morgan fingerprint density at radius 2 is 2.06 bits per heavy atom. The van der Waals surface area contributed by atoms with Crippen molar-refractivity contribution >= 4 is 0 Å². The minimum Gasteiger partial charge on any atom is -0.493 e. The van der Waals surface area contributed by atoms with Crippen LogP contribution in [0.25, 0.3) is 0 Å². The van der Waals surface area contributed by atoms with Crippen molar-refractivity contribution in [2.45, 2.75) is 45.6 Å². The molecule has 1 aliphatic heterocycles. The van der Waals surface area contributed by atoms with E-state index in [0.29, 0.717) is 5.92 Å². The normalized spacial score (nSPS) is 21.5. The van der Waals surface area contributed by atoms with Crippen molar-refractivity contribution in [2.75, 3.05) is 6.61 Å². The SMILES string of the molecule is CC(C)(C)C(O)CC1CCOc2ccccc21. The molecular weight excluding hydrogens is 212 g/mol. The monoisotopic (exact) mass is 234 g/mol. The molecule has 1 aromatic carbocycles. The molecule has 0 aliphatic carbocycles. The van der Waals surface area contributed by atoms with Gasteiger partial charge in [0.2, 0.25) is 0 Å². The van der Waals surface area contributed by atoms with Gasteiger partial charge in [0.15, 0.2) is 0 Å². The number of hydrogen-bond donors (Lipinski definition) is 1. The highest BCUT2D eigenvalue weighted by molar-refractivity contribution is 5.37. The van der Waals surface area contributed by atoms with Gasteiger partial charge >= 0.3 is 0 Å². The number of para-hydroxylation sites is 1. The Hall–Kier alpha value is -1.02. The standard InChI is InChI=1S/C15H22O2/c1-15(2,3)14(16)10-11-8-9-17-13-7-5-4-6-12(11)13/h4-7,11,14,16H,8-10H2,1-3H3. The summed E-state index contributed by atoms with van der Waals surface area (Å²) < 4.78 is 5.64. The van der Waals surface area contributed by atoms with Gasteiger partial charge in [-0.2, -0.15) is 0 Å². The summed E-state index contributed by atoms with van der Waals surface area (Å²) in [7, 11) is 0. The maximum Gasteiger partial charge on any atom is 0.122 e. The van der Waals surface area contributed by atoms with Gasteiger partial charge in [0, 0.05) is 0 Å². The number of aliphatic hydroxyl groups is 1. The van der Waals surface area contributed by atoms with Crippen molar-refractivity contribution < 1.29 is 9.84 Å². The van der Waals surface area contributed by atoms with Crippen molar-refractivity contribution in [1.82, 2.24) is 0 Å². The lowest BCUT2D eigenvalue weighted by Gasteiger charge is -2.32. The Labute approximate surface area is 104 Å². The van der Waals surface area contributed by atoms with E-state index in [4.69, 9.17) is 4.74 Å². The second-order valence-corrected chi connectivity index (χ2v) is 5.99. The minimum atomic E-state index is -0.265. The smallest absolute Gasteiger partial charge is 0.122 e. The fraction of sp³-hybridized carbons (Fsp3) is 0.600. The van der Waals surface area contributed by atoms with Gasteiger partial charge < -0.3 is 9.84 Å². The molecule has 1 N–H and O–H groups in total. The molecule has 2 unspecified atom stereocenters. The van der Waals surface area contributed by atoms with Crippen LogP contribution in [0.5, 0.6) is 5.75 Å². The van der Waals surface area contributed by atoms with Gasteiger partial charge in [-0.3, -0.25) is 0 Å². The van der Waals surface area contributed by atoms with Gasteiger partial charge in [-0.05, 0) is 35.8 Å². The first kappa shape index (κ1) is 12.4. The van der Waals surface area contributed by atoms with E-state index in [9.17, 15) is 5.11 Å². The Bertz CT molecular complexity index is 379. The Balaban J connectivity index is 2.14. The van der Waals surface area contributed by atoms with Crippen LogP contribution < -0.4 is 4.74 Å². The molecule has 94 valence electrons. The zero-order valence-electron chi connectivity index (χ0n) is 10.9. The Morgan fingerprint density at radius 1 is 1.35 bits per heavy atom. The number of hydrogen-bond acceptors (Lipinski definition) is 2. The summed E-state index contributed by atoms with van der Waals surface area (Å²) in [5.74, 6) is 1.42. The summed E-state index contributed by atoms with van der Waals surface area (Å²) in [5, 5.41) is 10.2. The van der Waals surface area contributed by atoms with E-state index in [1.54, 1.807) is 0 Å². The van der Waals surface area contributed by atoms with Crippen LogP contribution in [0.3, 0.4) is 0 Å². The number of fused-ring (bicyclic) bond motifs is 1. The van der Waals surface area contributed by atoms with Crippen LogP contribution in [-0.2, 0) is 0 Å². The topological polar surface area (TPSA) is 29.5 Å². The summed E-state index contributed by atoms with van der Waals surface area (Å²) in [6.45, 7) is 7.02. The second kappa shape index (κ2) is 4.69. The number of aliphatic hydroxyl groups excluding tert-OH is 1. The molecule has 2 rings (SSSR count). The highest BCUT2D eigenvalue weighted by atomic mass is 16.5. The molecule has 0 spiro atoms. The molecule has 2 atom stereocenters. The Morgan fingerprint density at radius 3 is 2.76 bits per heavy atom. The van der Waals surface area contributed by atoms with Crippen LogP contribution in [0.2, 0.25) is 0 Å². The molecule has 0 radical (unpaired) electrons. The molecular formula is C15H22O2. The fourth-order valence-corrected chi connectivity index (χ4v) is 2.28. The molecule has 0 bridgehead atoms. The molecule has 0 fully saturated rings. The van der Waals surface area contributed by atoms with Crippen LogP contribution in [-0.4, -0.2) is 17.8 Å². The molecule has 0 aromatic heterocycles. The van der Waals surface area contributed by atoms with Gasteiger partial charge in [-0.15, -0.1) is 0 Å². The lowest BCUT2D eigenvalue weighted by molar-refractivity contribution is 0.0453. The maximum absolute atomic E-state index is 10.2. The number of ether oxygens (including phenoxy) is 1. The summed E-state index contributed by atoms with van der Waals surface area (Å²) in [6, 6.07) is 8.19. The first-order valence-corrected chi connectivity index (χ1v) is 6.38. The predicted molar refractivity (Wildman–Crippen MR) is 69.4 cm³/mol. The van der Waals surface area contributed by atoms with Gasteiger partial charge in [-0.1, -0.05) is 39.0 Å². The number of rotatable bonds is 2. The molecule has 0 amide bonds. The zero-order chi connectivity index (χ0) is 12.5. The van der Waals surface area contributed by atoms with Crippen LogP contribution >= 0.6 is 0 Å². The summed E-state index contributed by atoms with van der Waals surface area (Å²) in [4.78, 5) is 0. The molecule has 1 heterocycles. The van der Waals surface area contributed by atoms with E-state index < -0.39 is 0 Å². The average Bonchev–Trinajstić information content (AvgIpc) is 2.28. The lowest BCUT2D eigenvalue weighted by Crippen LogP contribution is -2.29. The van der Waals surface area contributed by atoms with Crippen LogP contribution in [0.15, 0.2) is 24.3 Å². The molecule has 1 aromatic rings. The van der Waals surface area contributed by atoms with Crippen molar-refractivity contribution in [3.05, 3.63) is 29.8 Å². The fourth-order valence-electron chi connectivity index (χ4n) is 2.28. The Kier molecular flexibility index (Phi) is 3.43. The molecule has 1 aliphatic rings. The minimum absolute atomic E-state index is 0.0484. The highest BCUT2D eigenvalue weighted by Crippen LogP contribution is 2.38. The highest BCUT2D eigenvalue weighted by Gasteiger charge is 2.29. The average molecular weight is 234 g/mol. The zero-order valence-corrected chi connectivity index (χ0v) is 10.9. The summed E-state index contributed by atoms with van der Waals surface area (Å²) >= 11 is 0. The van der Waals surface area contributed by atoms with Crippen LogP contribution in [0.1, 0.15) is 45.1 Å². The van der Waals surface area contributed by atoms with E-state index in [0.717, 1.165) is 25.2 Å². The summed E-state index contributed by atoms with van der Waals surface area (Å²) in [5.41, 5.74) is 1.20. The van der Waals surface area contributed by atoms with Gasteiger partial charge in [0.25, 0.3) is 0 Å². The van der Waals surface area contributed by atoms with E-state index in [2.05, 4.69) is 26.8 Å². The van der Waals surface area contributed by atoms with Gasteiger partial charge in [0.1, 0.15) is 5.75 Å². The van der Waals surface area contributed by atoms with Gasteiger partial charge in [0.05, 0.1) is 12.7 Å². The van der Waals surface area contributed by atoms with Crippen molar-refractivity contribution in [3.63, 3.8) is 0 Å². The van der Waals surface area contributed by atoms with E-state index in [1.807, 2.05) is 18.2 Å². The lowest BCUT2D eigenvalue weighted by atomic mass is 9.80. The largest absolute Gasteiger partial charge is 0.493 e. The van der Waals surface area contributed by atoms with Crippen molar-refractivity contribution in [1.29, 1.82) is 0 Å². The third-order valence-corrected chi connectivity index (χ3v) is 3.59. The molecule has 0 saturated heterocycles. The molecule has 17 heavy (non-hydrogen) atoms. The van der Waals surface area contributed by atoms with Crippen molar-refractivity contribution in [3.8, 4) is 5.75 Å². The second-order valence-electron chi connectivity index (χ2n) is 5.99. The molecule has 2 heteroatoms. The van der Waals surface area contributed by atoms with Crippen LogP contribution in [0, 0.1) is 5.41 Å². The first-order valence-electron chi connectivity index (χ1n) is 6.38. The third-order valence-electron chi connectivity index (χ3n) is 3.59. The molecule has 2 nitrogen and oxygen atoms in total. The maximum atomic E-state index is 10.2. The summed E-state index contributed by atoms with van der Waals surface area (Å²) in [6.07, 6.45) is 1.56. The first-order chi connectivity index (χ1) is 7.98. The van der Waals surface area contributed by atoms with Crippen LogP contribution in [0.4, 0.5) is 0 Å². The van der Waals surface area contributed by atoms with E-state index in [-0.39, 0.29) is 11.5 Å². The van der Waals surface area contributed by atoms with E-state index in [1.165, 1.54) is 5.56 Å². The number of benzene rings is 1. The van der Waals surface area contributed by atoms with Gasteiger partial charge in [-0.25, -0.2) is 0 Å².